The Bertz CT molecular complexity index is 403. The lowest BCUT2D eigenvalue weighted by Crippen LogP contribution is -2.10. The van der Waals surface area contributed by atoms with E-state index in [1.807, 2.05) is 24.3 Å². The van der Waals surface area contributed by atoms with Gasteiger partial charge in [-0.15, -0.1) is 0 Å². The number of Topliss-reactive ketones (excluding diaryl/α,β-unsaturated/α-hetero) is 1. The molecule has 0 bridgehead atoms. The number of carbonyl (C=O) groups excluding carboxylic acids is 1. The van der Waals surface area contributed by atoms with Gasteiger partial charge in [-0.25, -0.2) is 0 Å². The minimum atomic E-state index is 0.375. The highest BCUT2D eigenvalue weighted by Crippen LogP contribution is 2.26. The van der Waals surface area contributed by atoms with Crippen molar-refractivity contribution >= 4 is 5.78 Å². The van der Waals surface area contributed by atoms with E-state index in [0.717, 1.165) is 17.7 Å². The van der Waals surface area contributed by atoms with Crippen molar-refractivity contribution in [1.29, 1.82) is 0 Å². The van der Waals surface area contributed by atoms with Crippen LogP contribution in [0.15, 0.2) is 24.3 Å². The summed E-state index contributed by atoms with van der Waals surface area (Å²) in [6, 6.07) is 7.84. The quantitative estimate of drug-likeness (QED) is 0.743. The minimum absolute atomic E-state index is 0.375. The zero-order chi connectivity index (χ0) is 13.5. The predicted octanol–water partition coefficient (Wildman–Crippen LogP) is 4.17. The van der Waals surface area contributed by atoms with Gasteiger partial charge in [-0.2, -0.15) is 0 Å². The van der Waals surface area contributed by atoms with Crippen molar-refractivity contribution in [2.45, 2.75) is 51.4 Å². The van der Waals surface area contributed by atoms with Crippen molar-refractivity contribution < 1.29 is 9.53 Å². The average Bonchev–Trinajstić information content (AvgIpc) is 2.67. The minimum Gasteiger partial charge on any atom is -0.497 e. The van der Waals surface area contributed by atoms with Crippen LogP contribution < -0.4 is 4.74 Å². The molecule has 0 spiro atoms. The van der Waals surface area contributed by atoms with Gasteiger partial charge in [-0.3, -0.25) is 4.79 Å². The topological polar surface area (TPSA) is 26.3 Å². The van der Waals surface area contributed by atoms with Crippen LogP contribution in [-0.2, 0) is 11.2 Å². The molecule has 1 aromatic rings. The van der Waals surface area contributed by atoms with Crippen molar-refractivity contribution in [3.05, 3.63) is 29.8 Å². The molecule has 104 valence electrons. The summed E-state index contributed by atoms with van der Waals surface area (Å²) in [5, 5.41) is 0. The van der Waals surface area contributed by atoms with E-state index >= 15 is 0 Å². The van der Waals surface area contributed by atoms with Crippen LogP contribution in [0.5, 0.6) is 5.75 Å². The van der Waals surface area contributed by atoms with Gasteiger partial charge < -0.3 is 4.74 Å². The second-order valence-corrected chi connectivity index (χ2v) is 5.63. The average molecular weight is 260 g/mol. The molecule has 1 saturated carbocycles. The third-order valence-electron chi connectivity index (χ3n) is 4.03. The van der Waals surface area contributed by atoms with Crippen LogP contribution in [0.2, 0.25) is 0 Å². The molecule has 2 rings (SSSR count). The van der Waals surface area contributed by atoms with Crippen LogP contribution in [0.1, 0.15) is 50.5 Å². The van der Waals surface area contributed by atoms with Gasteiger partial charge in [0.2, 0.25) is 0 Å². The van der Waals surface area contributed by atoms with Crippen LogP contribution in [-0.4, -0.2) is 12.9 Å². The molecule has 0 unspecified atom stereocenters. The normalized spacial score (nSPS) is 16.9. The highest BCUT2D eigenvalue weighted by molar-refractivity contribution is 5.81. The molecule has 2 heteroatoms. The third kappa shape index (κ3) is 4.70. The lowest BCUT2D eigenvalue weighted by molar-refractivity contribution is -0.119. The SMILES string of the molecule is COc1cccc(CC(=O)CC2CCCCCC2)c1. The fourth-order valence-electron chi connectivity index (χ4n) is 2.97. The lowest BCUT2D eigenvalue weighted by atomic mass is 9.92. The number of benzene rings is 1. The Balaban J connectivity index is 1.85. The molecule has 1 aliphatic rings. The number of ether oxygens (including phenoxy) is 1. The summed E-state index contributed by atoms with van der Waals surface area (Å²) in [6.45, 7) is 0. The van der Waals surface area contributed by atoms with Crippen LogP contribution >= 0.6 is 0 Å². The molecule has 0 aliphatic heterocycles. The van der Waals surface area contributed by atoms with E-state index in [1.54, 1.807) is 7.11 Å². The smallest absolute Gasteiger partial charge is 0.137 e. The largest absolute Gasteiger partial charge is 0.497 e. The molecular formula is C17H24O2. The molecule has 0 aromatic heterocycles. The predicted molar refractivity (Wildman–Crippen MR) is 77.5 cm³/mol. The van der Waals surface area contributed by atoms with Crippen LogP contribution in [0, 0.1) is 5.92 Å². The molecule has 1 aromatic carbocycles. The van der Waals surface area contributed by atoms with E-state index in [0.29, 0.717) is 18.1 Å². The number of hydrogen-bond donors (Lipinski definition) is 0. The summed E-state index contributed by atoms with van der Waals surface area (Å²) in [5.41, 5.74) is 1.07. The van der Waals surface area contributed by atoms with Crippen molar-refractivity contribution in [1.82, 2.24) is 0 Å². The molecule has 1 aliphatic carbocycles. The van der Waals surface area contributed by atoms with Crippen LogP contribution in [0.25, 0.3) is 0 Å². The van der Waals surface area contributed by atoms with Crippen LogP contribution in [0.3, 0.4) is 0 Å². The molecular weight excluding hydrogens is 236 g/mol. The Labute approximate surface area is 116 Å². The van der Waals surface area contributed by atoms with E-state index in [2.05, 4.69) is 0 Å². The Morgan fingerprint density at radius 3 is 2.63 bits per heavy atom. The van der Waals surface area contributed by atoms with Gasteiger partial charge in [0.05, 0.1) is 7.11 Å². The number of rotatable bonds is 5. The van der Waals surface area contributed by atoms with E-state index < -0.39 is 0 Å². The lowest BCUT2D eigenvalue weighted by Gasteiger charge is -2.12. The van der Waals surface area contributed by atoms with Gasteiger partial charge in [0.25, 0.3) is 0 Å². The summed E-state index contributed by atoms with van der Waals surface area (Å²) >= 11 is 0. The zero-order valence-corrected chi connectivity index (χ0v) is 11.9. The Hall–Kier alpha value is -1.31. The molecule has 0 N–H and O–H groups in total. The molecule has 0 amide bonds. The first-order chi connectivity index (χ1) is 9.28. The fraction of sp³-hybridized carbons (Fsp3) is 0.588. The number of methoxy groups -OCH3 is 1. The summed E-state index contributed by atoms with van der Waals surface area (Å²) in [5.74, 6) is 1.83. The van der Waals surface area contributed by atoms with Gasteiger partial charge in [0.15, 0.2) is 0 Å². The summed E-state index contributed by atoms with van der Waals surface area (Å²) in [4.78, 5) is 12.2. The van der Waals surface area contributed by atoms with Crippen molar-refractivity contribution in [3.8, 4) is 5.75 Å². The highest BCUT2D eigenvalue weighted by Gasteiger charge is 2.16. The van der Waals surface area contributed by atoms with Crippen LogP contribution in [0.4, 0.5) is 0 Å². The Morgan fingerprint density at radius 2 is 1.95 bits per heavy atom. The van der Waals surface area contributed by atoms with Gasteiger partial charge in [-0.05, 0) is 23.6 Å². The molecule has 0 atom stereocenters. The first-order valence-electron chi connectivity index (χ1n) is 7.42. The van der Waals surface area contributed by atoms with Crippen molar-refractivity contribution in [2.24, 2.45) is 5.92 Å². The second-order valence-electron chi connectivity index (χ2n) is 5.63. The zero-order valence-electron chi connectivity index (χ0n) is 11.9. The maximum absolute atomic E-state index is 12.2. The molecule has 0 heterocycles. The van der Waals surface area contributed by atoms with Crippen molar-refractivity contribution in [2.75, 3.05) is 7.11 Å². The maximum Gasteiger partial charge on any atom is 0.137 e. The Morgan fingerprint density at radius 1 is 1.21 bits per heavy atom. The first kappa shape index (κ1) is 14.1. The maximum atomic E-state index is 12.2. The number of carbonyl (C=O) groups is 1. The molecule has 1 fully saturated rings. The van der Waals surface area contributed by atoms with Gasteiger partial charge >= 0.3 is 0 Å². The van der Waals surface area contributed by atoms with Crippen molar-refractivity contribution in [3.63, 3.8) is 0 Å². The standard InChI is InChI=1S/C17H24O2/c1-19-17-10-6-9-15(13-17)12-16(18)11-14-7-4-2-3-5-8-14/h6,9-10,13-14H,2-5,7-8,11-12H2,1H3. The number of ketones is 1. The van der Waals surface area contributed by atoms with Gasteiger partial charge in [0, 0.05) is 12.8 Å². The van der Waals surface area contributed by atoms with Gasteiger partial charge in [-0.1, -0.05) is 50.7 Å². The fourth-order valence-corrected chi connectivity index (χ4v) is 2.97. The van der Waals surface area contributed by atoms with E-state index in [-0.39, 0.29) is 0 Å². The third-order valence-corrected chi connectivity index (χ3v) is 4.03. The molecule has 19 heavy (non-hydrogen) atoms. The van der Waals surface area contributed by atoms with E-state index in [4.69, 9.17) is 4.74 Å². The molecule has 2 nitrogen and oxygen atoms in total. The molecule has 0 saturated heterocycles. The summed E-state index contributed by atoms with van der Waals surface area (Å²) < 4.78 is 5.19. The summed E-state index contributed by atoms with van der Waals surface area (Å²) in [6.07, 6.45) is 9.09. The van der Waals surface area contributed by atoms with E-state index in [9.17, 15) is 4.79 Å². The second kappa shape index (κ2) is 7.32. The summed E-state index contributed by atoms with van der Waals surface area (Å²) in [7, 11) is 1.66. The number of hydrogen-bond acceptors (Lipinski definition) is 2. The molecule has 0 radical (unpaired) electrons. The Kier molecular flexibility index (Phi) is 5.44. The van der Waals surface area contributed by atoms with Gasteiger partial charge in [0.1, 0.15) is 11.5 Å². The first-order valence-corrected chi connectivity index (χ1v) is 7.42. The van der Waals surface area contributed by atoms with E-state index in [1.165, 1.54) is 38.5 Å². The monoisotopic (exact) mass is 260 g/mol. The highest BCUT2D eigenvalue weighted by atomic mass is 16.5.